The Balaban J connectivity index is 1.41. The molecule has 1 atom stereocenters. The highest BCUT2D eigenvalue weighted by Gasteiger charge is 2.53. The minimum absolute atomic E-state index is 0.388. The van der Waals surface area contributed by atoms with E-state index in [-0.39, 0.29) is 0 Å². The monoisotopic (exact) mass is 292 g/mol. The van der Waals surface area contributed by atoms with Crippen LogP contribution in [-0.4, -0.2) is 43.8 Å². The third-order valence-corrected chi connectivity index (χ3v) is 7.17. The van der Waals surface area contributed by atoms with E-state index < -0.39 is 0 Å². The van der Waals surface area contributed by atoms with Gasteiger partial charge in [0, 0.05) is 31.8 Å². The van der Waals surface area contributed by atoms with Gasteiger partial charge in [-0.2, -0.15) is 0 Å². The zero-order chi connectivity index (χ0) is 14.4. The molecule has 5 rings (SSSR count). The van der Waals surface area contributed by atoms with Crippen LogP contribution in [0.25, 0.3) is 0 Å². The Kier molecular flexibility index (Phi) is 3.79. The maximum Gasteiger partial charge on any atom is 0.0480 e. The number of hydrogen-bond acceptors (Lipinski definition) is 3. The second-order valence-electron chi connectivity index (χ2n) is 8.67. The summed E-state index contributed by atoms with van der Waals surface area (Å²) in [5.41, 5.74) is 7.30. The molecule has 4 bridgehead atoms. The topological polar surface area (TPSA) is 38.5 Å². The van der Waals surface area contributed by atoms with E-state index in [1.165, 1.54) is 51.4 Å². The second-order valence-corrected chi connectivity index (χ2v) is 8.67. The molecule has 4 saturated carbocycles. The van der Waals surface area contributed by atoms with Crippen LogP contribution in [-0.2, 0) is 4.74 Å². The molecule has 0 amide bonds. The molecular weight excluding hydrogens is 260 g/mol. The van der Waals surface area contributed by atoms with E-state index in [0.29, 0.717) is 17.5 Å². The van der Waals surface area contributed by atoms with Crippen molar-refractivity contribution in [2.45, 2.75) is 63.5 Å². The summed E-state index contributed by atoms with van der Waals surface area (Å²) < 4.78 is 5.50. The first kappa shape index (κ1) is 14.5. The minimum Gasteiger partial charge on any atom is -0.381 e. The number of ether oxygens (including phenoxy) is 1. The summed E-state index contributed by atoms with van der Waals surface area (Å²) in [5.74, 6) is 3.03. The van der Waals surface area contributed by atoms with Gasteiger partial charge in [-0.3, -0.25) is 0 Å². The van der Waals surface area contributed by atoms with Crippen molar-refractivity contribution in [3.8, 4) is 0 Å². The Morgan fingerprint density at radius 2 is 1.57 bits per heavy atom. The summed E-state index contributed by atoms with van der Waals surface area (Å²) in [6, 6.07) is 1.08. The van der Waals surface area contributed by atoms with Crippen molar-refractivity contribution < 1.29 is 4.74 Å². The molecule has 3 nitrogen and oxygen atoms in total. The molecular formula is C18H32N2O. The summed E-state index contributed by atoms with van der Waals surface area (Å²) in [7, 11) is 2.29. The molecule has 0 aromatic carbocycles. The van der Waals surface area contributed by atoms with Crippen LogP contribution in [0.2, 0.25) is 0 Å². The molecule has 0 aromatic rings. The maximum atomic E-state index is 6.81. The summed E-state index contributed by atoms with van der Waals surface area (Å²) in [6.07, 6.45) is 11.2. The predicted molar refractivity (Wildman–Crippen MR) is 85.1 cm³/mol. The molecule has 120 valence electrons. The highest BCUT2D eigenvalue weighted by atomic mass is 16.5. The lowest BCUT2D eigenvalue weighted by molar-refractivity contribution is -0.0737. The van der Waals surface area contributed by atoms with Crippen molar-refractivity contribution in [2.75, 3.05) is 26.8 Å². The number of likely N-dealkylation sites (N-methyl/N-ethyl adjacent to an activating group) is 1. The first-order valence-electron chi connectivity index (χ1n) is 9.18. The minimum atomic E-state index is 0.388. The van der Waals surface area contributed by atoms with Crippen LogP contribution < -0.4 is 5.73 Å². The van der Waals surface area contributed by atoms with Crippen LogP contribution in [0.5, 0.6) is 0 Å². The van der Waals surface area contributed by atoms with Crippen LogP contribution in [0, 0.1) is 23.2 Å². The summed E-state index contributed by atoms with van der Waals surface area (Å²) in [4.78, 5) is 2.55. The Morgan fingerprint density at radius 3 is 2.10 bits per heavy atom. The van der Waals surface area contributed by atoms with Crippen molar-refractivity contribution >= 4 is 0 Å². The van der Waals surface area contributed by atoms with E-state index in [2.05, 4.69) is 11.9 Å². The van der Waals surface area contributed by atoms with Gasteiger partial charge in [0.1, 0.15) is 0 Å². The zero-order valence-corrected chi connectivity index (χ0v) is 13.6. The molecule has 21 heavy (non-hydrogen) atoms. The second kappa shape index (κ2) is 5.50. The molecule has 0 spiro atoms. The molecule has 5 fully saturated rings. The van der Waals surface area contributed by atoms with Gasteiger partial charge in [-0.1, -0.05) is 0 Å². The average Bonchev–Trinajstić information content (AvgIpc) is 2.46. The van der Waals surface area contributed by atoms with Crippen LogP contribution in [0.3, 0.4) is 0 Å². The van der Waals surface area contributed by atoms with Crippen molar-refractivity contribution in [1.29, 1.82) is 0 Å². The predicted octanol–water partition coefficient (Wildman–Crippen LogP) is 2.64. The summed E-state index contributed by atoms with van der Waals surface area (Å²) in [6.45, 7) is 2.96. The fraction of sp³-hybridized carbons (Fsp3) is 1.00. The lowest BCUT2D eigenvalue weighted by atomic mass is 9.48. The zero-order valence-electron chi connectivity index (χ0n) is 13.6. The van der Waals surface area contributed by atoms with Crippen LogP contribution in [0.4, 0.5) is 0 Å². The number of nitrogens with two attached hydrogens (primary N) is 1. The van der Waals surface area contributed by atoms with E-state index in [1.54, 1.807) is 0 Å². The molecule has 5 aliphatic rings. The van der Waals surface area contributed by atoms with Crippen molar-refractivity contribution in [3.05, 3.63) is 0 Å². The molecule has 4 aliphatic carbocycles. The van der Waals surface area contributed by atoms with Crippen LogP contribution in [0.15, 0.2) is 0 Å². The summed E-state index contributed by atoms with van der Waals surface area (Å²) in [5, 5.41) is 0. The lowest BCUT2D eigenvalue weighted by Gasteiger charge is -2.59. The first-order chi connectivity index (χ1) is 10.1. The number of hydrogen-bond donors (Lipinski definition) is 1. The molecule has 1 saturated heterocycles. The van der Waals surface area contributed by atoms with Gasteiger partial charge in [0.2, 0.25) is 0 Å². The van der Waals surface area contributed by atoms with Crippen molar-refractivity contribution in [2.24, 2.45) is 28.9 Å². The molecule has 2 N–H and O–H groups in total. The smallest absolute Gasteiger partial charge is 0.0480 e. The third-order valence-electron chi connectivity index (χ3n) is 7.17. The van der Waals surface area contributed by atoms with E-state index in [9.17, 15) is 0 Å². The van der Waals surface area contributed by atoms with Gasteiger partial charge in [-0.05, 0) is 81.6 Å². The van der Waals surface area contributed by atoms with Crippen molar-refractivity contribution in [3.63, 3.8) is 0 Å². The van der Waals surface area contributed by atoms with Gasteiger partial charge in [0.25, 0.3) is 0 Å². The van der Waals surface area contributed by atoms with E-state index >= 15 is 0 Å². The quantitative estimate of drug-likeness (QED) is 0.866. The van der Waals surface area contributed by atoms with Crippen LogP contribution in [0.1, 0.15) is 51.4 Å². The van der Waals surface area contributed by atoms with Crippen LogP contribution >= 0.6 is 0 Å². The molecule has 0 aromatic heterocycles. The standard InChI is InChI=1S/C18H32N2O/c1-20(16-2-4-21-5-3-16)12-17(19)18-9-13-6-14(10-18)8-15(7-13)11-18/h13-17H,2-12,19H2,1H3. The molecule has 3 heteroatoms. The van der Waals surface area contributed by atoms with Gasteiger partial charge in [-0.25, -0.2) is 0 Å². The summed E-state index contributed by atoms with van der Waals surface area (Å²) >= 11 is 0. The SMILES string of the molecule is CN(CC(N)C12CC3CC(CC(C3)C1)C2)C1CCOCC1. The van der Waals surface area contributed by atoms with Gasteiger partial charge in [0.15, 0.2) is 0 Å². The van der Waals surface area contributed by atoms with Gasteiger partial charge in [0.05, 0.1) is 0 Å². The molecule has 1 heterocycles. The number of rotatable bonds is 4. The highest BCUT2D eigenvalue weighted by Crippen LogP contribution is 2.61. The molecule has 0 radical (unpaired) electrons. The lowest BCUT2D eigenvalue weighted by Crippen LogP contribution is -2.58. The van der Waals surface area contributed by atoms with Gasteiger partial charge < -0.3 is 15.4 Å². The average molecular weight is 292 g/mol. The molecule has 1 unspecified atom stereocenters. The highest BCUT2D eigenvalue weighted by molar-refractivity contribution is 5.06. The fourth-order valence-electron chi connectivity index (χ4n) is 6.41. The third kappa shape index (κ3) is 2.66. The fourth-order valence-corrected chi connectivity index (χ4v) is 6.41. The molecule has 1 aliphatic heterocycles. The van der Waals surface area contributed by atoms with E-state index in [1.807, 2.05) is 0 Å². The first-order valence-corrected chi connectivity index (χ1v) is 9.18. The Labute approximate surface area is 129 Å². The van der Waals surface area contributed by atoms with Gasteiger partial charge >= 0.3 is 0 Å². The largest absolute Gasteiger partial charge is 0.381 e. The Bertz CT molecular complexity index is 342. The number of nitrogens with zero attached hydrogens (tertiary/aromatic N) is 1. The van der Waals surface area contributed by atoms with Crippen molar-refractivity contribution in [1.82, 2.24) is 4.90 Å². The van der Waals surface area contributed by atoms with E-state index in [4.69, 9.17) is 10.5 Å². The van der Waals surface area contributed by atoms with Gasteiger partial charge in [-0.15, -0.1) is 0 Å². The van der Waals surface area contributed by atoms with E-state index in [0.717, 1.165) is 37.5 Å². The Morgan fingerprint density at radius 1 is 1.05 bits per heavy atom. The maximum absolute atomic E-state index is 6.81. The normalized spacial score (nSPS) is 44.4. The Hall–Kier alpha value is -0.120.